The molecule has 7 heteroatoms. The Morgan fingerprint density at radius 1 is 1.07 bits per heavy atom. The molecule has 29 heavy (non-hydrogen) atoms. The third-order valence-electron chi connectivity index (χ3n) is 6.69. The van der Waals surface area contributed by atoms with Gasteiger partial charge in [-0.1, -0.05) is 0 Å². The lowest BCUT2D eigenvalue weighted by Gasteiger charge is -2.49. The zero-order valence-corrected chi connectivity index (χ0v) is 16.5. The molecular weight excluding hydrogens is 370 g/mol. The van der Waals surface area contributed by atoms with Crippen LogP contribution in [0.2, 0.25) is 0 Å². The highest BCUT2D eigenvalue weighted by molar-refractivity contribution is 5.93. The standard InChI is InChI=1S/C22H27N3O4/c26-17-13-22(15-24(14-17)21(28)19-4-2-12-29-19)7-10-23(11-8-22)20(27)18-3-1-9-25(18)16-5-6-16/h1-4,9,12,16-17,26H,5-8,10-11,13-15H2. The maximum Gasteiger partial charge on any atom is 0.289 e. The molecule has 1 unspecified atom stereocenters. The third-order valence-corrected chi connectivity index (χ3v) is 6.69. The predicted octanol–water partition coefficient (Wildman–Crippen LogP) is 2.55. The molecule has 154 valence electrons. The lowest BCUT2D eigenvalue weighted by Crippen LogP contribution is -2.55. The number of amides is 2. The number of β-amino-alcohol motifs (C(OH)–C–C–N with tert-alkyl or cyclic N) is 1. The first-order chi connectivity index (χ1) is 14.0. The quantitative estimate of drug-likeness (QED) is 0.863. The van der Waals surface area contributed by atoms with Crippen LogP contribution < -0.4 is 0 Å². The molecule has 2 amide bonds. The molecule has 1 aliphatic carbocycles. The topological polar surface area (TPSA) is 78.9 Å². The van der Waals surface area contributed by atoms with E-state index in [0.717, 1.165) is 31.4 Å². The molecule has 0 aromatic carbocycles. The molecule has 1 saturated carbocycles. The second-order valence-electron chi connectivity index (χ2n) is 8.84. The number of piperidine rings is 2. The van der Waals surface area contributed by atoms with Crippen molar-refractivity contribution >= 4 is 11.8 Å². The SMILES string of the molecule is O=C(c1ccco1)N1CC(O)CC2(CCN(C(=O)c3cccn3C3CC3)CC2)C1. The molecule has 7 nitrogen and oxygen atoms in total. The highest BCUT2D eigenvalue weighted by Gasteiger charge is 2.44. The van der Waals surface area contributed by atoms with Crippen LogP contribution in [-0.2, 0) is 0 Å². The van der Waals surface area contributed by atoms with E-state index in [2.05, 4.69) is 4.57 Å². The van der Waals surface area contributed by atoms with Gasteiger partial charge in [-0.3, -0.25) is 9.59 Å². The highest BCUT2D eigenvalue weighted by Crippen LogP contribution is 2.41. The Morgan fingerprint density at radius 2 is 1.86 bits per heavy atom. The second kappa shape index (κ2) is 7.06. The van der Waals surface area contributed by atoms with Crippen molar-refractivity contribution in [1.29, 1.82) is 0 Å². The summed E-state index contributed by atoms with van der Waals surface area (Å²) in [5, 5.41) is 10.5. The number of hydrogen-bond acceptors (Lipinski definition) is 4. The van der Waals surface area contributed by atoms with E-state index in [9.17, 15) is 14.7 Å². The number of hydrogen-bond donors (Lipinski definition) is 1. The van der Waals surface area contributed by atoms with Crippen molar-refractivity contribution in [1.82, 2.24) is 14.4 Å². The van der Waals surface area contributed by atoms with Crippen LogP contribution in [0.5, 0.6) is 0 Å². The van der Waals surface area contributed by atoms with Crippen molar-refractivity contribution in [2.45, 2.75) is 44.2 Å². The number of carbonyl (C=O) groups is 2. The van der Waals surface area contributed by atoms with Gasteiger partial charge in [0, 0.05) is 38.4 Å². The summed E-state index contributed by atoms with van der Waals surface area (Å²) < 4.78 is 7.37. The van der Waals surface area contributed by atoms with E-state index in [1.165, 1.54) is 6.26 Å². The van der Waals surface area contributed by atoms with E-state index in [4.69, 9.17) is 4.42 Å². The molecule has 0 radical (unpaired) electrons. The molecule has 5 rings (SSSR count). The van der Waals surface area contributed by atoms with Gasteiger partial charge >= 0.3 is 0 Å². The first-order valence-electron chi connectivity index (χ1n) is 10.5. The van der Waals surface area contributed by atoms with Gasteiger partial charge < -0.3 is 23.9 Å². The largest absolute Gasteiger partial charge is 0.459 e. The minimum absolute atomic E-state index is 0.0941. The van der Waals surface area contributed by atoms with Crippen molar-refractivity contribution < 1.29 is 19.1 Å². The molecule has 4 heterocycles. The summed E-state index contributed by atoms with van der Waals surface area (Å²) in [6.07, 6.45) is 7.51. The lowest BCUT2D eigenvalue weighted by atomic mass is 9.71. The van der Waals surface area contributed by atoms with Crippen LogP contribution in [0.4, 0.5) is 0 Å². The maximum atomic E-state index is 13.1. The fourth-order valence-electron chi connectivity index (χ4n) is 5.02. The van der Waals surface area contributed by atoms with Gasteiger partial charge in [-0.05, 0) is 61.8 Å². The molecule has 2 aliphatic heterocycles. The molecule has 0 bridgehead atoms. The number of furan rings is 1. The van der Waals surface area contributed by atoms with E-state index in [-0.39, 0.29) is 17.2 Å². The summed E-state index contributed by atoms with van der Waals surface area (Å²) >= 11 is 0. The predicted molar refractivity (Wildman–Crippen MR) is 106 cm³/mol. The Labute approximate surface area is 169 Å². The summed E-state index contributed by atoms with van der Waals surface area (Å²) in [7, 11) is 0. The van der Waals surface area contributed by atoms with Crippen LogP contribution in [-0.4, -0.2) is 63.6 Å². The van der Waals surface area contributed by atoms with Gasteiger partial charge in [0.05, 0.1) is 12.4 Å². The monoisotopic (exact) mass is 397 g/mol. The van der Waals surface area contributed by atoms with Crippen LogP contribution in [0.3, 0.4) is 0 Å². The summed E-state index contributed by atoms with van der Waals surface area (Å²) in [6, 6.07) is 7.71. The van der Waals surface area contributed by atoms with E-state index >= 15 is 0 Å². The molecule has 1 N–H and O–H groups in total. The Kier molecular flexibility index (Phi) is 4.50. The first kappa shape index (κ1) is 18.5. The number of likely N-dealkylation sites (tertiary alicyclic amines) is 2. The average molecular weight is 397 g/mol. The van der Waals surface area contributed by atoms with Crippen LogP contribution in [0.25, 0.3) is 0 Å². The van der Waals surface area contributed by atoms with Crippen molar-refractivity contribution in [3.8, 4) is 0 Å². The van der Waals surface area contributed by atoms with Crippen molar-refractivity contribution in [2.24, 2.45) is 5.41 Å². The number of carbonyl (C=O) groups excluding carboxylic acids is 2. The van der Waals surface area contributed by atoms with Crippen LogP contribution in [0.1, 0.15) is 59.2 Å². The third kappa shape index (κ3) is 3.48. The normalized spacial score (nSPS) is 24.1. The number of rotatable bonds is 3. The van der Waals surface area contributed by atoms with Gasteiger partial charge in [0.15, 0.2) is 5.76 Å². The summed E-state index contributed by atoms with van der Waals surface area (Å²) in [5.41, 5.74) is 0.636. The zero-order valence-electron chi connectivity index (χ0n) is 16.5. The van der Waals surface area contributed by atoms with Crippen molar-refractivity contribution in [2.75, 3.05) is 26.2 Å². The smallest absolute Gasteiger partial charge is 0.289 e. The van der Waals surface area contributed by atoms with Crippen molar-refractivity contribution in [3.63, 3.8) is 0 Å². The molecule has 1 spiro atoms. The van der Waals surface area contributed by atoms with Crippen LogP contribution >= 0.6 is 0 Å². The Hall–Kier alpha value is -2.54. The van der Waals surface area contributed by atoms with Crippen LogP contribution in [0.15, 0.2) is 41.1 Å². The summed E-state index contributed by atoms with van der Waals surface area (Å²) in [6.45, 7) is 2.25. The molecule has 2 saturated heterocycles. The number of aromatic nitrogens is 1. The van der Waals surface area contributed by atoms with E-state index < -0.39 is 6.10 Å². The number of aliphatic hydroxyl groups is 1. The van der Waals surface area contributed by atoms with E-state index in [1.54, 1.807) is 17.0 Å². The minimum atomic E-state index is -0.544. The van der Waals surface area contributed by atoms with Gasteiger partial charge in [0.25, 0.3) is 11.8 Å². The Morgan fingerprint density at radius 3 is 2.55 bits per heavy atom. The van der Waals surface area contributed by atoms with Crippen LogP contribution in [0, 0.1) is 5.41 Å². The molecular formula is C22H27N3O4. The number of aliphatic hydroxyl groups excluding tert-OH is 1. The molecule has 3 fully saturated rings. The van der Waals surface area contributed by atoms with Gasteiger partial charge in [0.2, 0.25) is 0 Å². The summed E-state index contributed by atoms with van der Waals surface area (Å²) in [5.74, 6) is 0.230. The van der Waals surface area contributed by atoms with Gasteiger partial charge in [-0.25, -0.2) is 0 Å². The fraction of sp³-hybridized carbons (Fsp3) is 0.545. The molecule has 2 aromatic heterocycles. The molecule has 2 aromatic rings. The Bertz CT molecular complexity index is 891. The van der Waals surface area contributed by atoms with E-state index in [1.807, 2.05) is 23.2 Å². The highest BCUT2D eigenvalue weighted by atomic mass is 16.3. The lowest BCUT2D eigenvalue weighted by molar-refractivity contribution is -0.0308. The summed E-state index contributed by atoms with van der Waals surface area (Å²) in [4.78, 5) is 29.4. The van der Waals surface area contributed by atoms with Crippen molar-refractivity contribution in [3.05, 3.63) is 48.2 Å². The van der Waals surface area contributed by atoms with Gasteiger partial charge in [0.1, 0.15) is 5.69 Å². The fourth-order valence-corrected chi connectivity index (χ4v) is 5.02. The second-order valence-corrected chi connectivity index (χ2v) is 8.84. The van der Waals surface area contributed by atoms with Gasteiger partial charge in [-0.15, -0.1) is 0 Å². The van der Waals surface area contributed by atoms with Gasteiger partial charge in [-0.2, -0.15) is 0 Å². The maximum absolute atomic E-state index is 13.1. The minimum Gasteiger partial charge on any atom is -0.459 e. The van der Waals surface area contributed by atoms with E-state index in [0.29, 0.717) is 44.4 Å². The average Bonchev–Trinajstić information content (AvgIpc) is 3.20. The first-order valence-corrected chi connectivity index (χ1v) is 10.5. The molecule has 3 aliphatic rings. The molecule has 1 atom stereocenters. The number of nitrogens with zero attached hydrogens (tertiary/aromatic N) is 3. The zero-order chi connectivity index (χ0) is 20.0. The Balaban J connectivity index is 1.26.